The number of rotatable bonds is 1. The number of likely N-dealkylation sites (tertiary alicyclic amines) is 1. The molecule has 2 rings (SSSR count). The Morgan fingerprint density at radius 2 is 2.18 bits per heavy atom. The van der Waals surface area contributed by atoms with Gasteiger partial charge in [-0.05, 0) is 19.8 Å². The third-order valence-corrected chi connectivity index (χ3v) is 2.47. The Balaban J connectivity index is 0.000000581. The van der Waals surface area contributed by atoms with Crippen LogP contribution in [0.5, 0.6) is 0 Å². The van der Waals surface area contributed by atoms with Gasteiger partial charge in [-0.15, -0.1) is 12.8 Å². The van der Waals surface area contributed by atoms with Crippen LogP contribution in [0.4, 0.5) is 0 Å². The predicted octanol–water partition coefficient (Wildman–Crippen LogP) is 2.57. The van der Waals surface area contributed by atoms with E-state index < -0.39 is 0 Å². The Morgan fingerprint density at radius 1 is 1.53 bits per heavy atom. The van der Waals surface area contributed by atoms with Gasteiger partial charge < -0.3 is 9.32 Å². The third-order valence-electron chi connectivity index (χ3n) is 2.47. The summed E-state index contributed by atoms with van der Waals surface area (Å²) < 4.78 is 4.77. The first-order valence-corrected chi connectivity index (χ1v) is 5.81. The first-order chi connectivity index (χ1) is 8.29. The zero-order valence-electron chi connectivity index (χ0n) is 10.7. The van der Waals surface area contributed by atoms with E-state index in [0.29, 0.717) is 11.7 Å². The number of nitrogens with zero attached hydrogens (tertiary/aromatic N) is 2. The van der Waals surface area contributed by atoms with Crippen LogP contribution in [0.15, 0.2) is 17.1 Å². The van der Waals surface area contributed by atoms with Crippen molar-refractivity contribution in [2.75, 3.05) is 6.54 Å². The van der Waals surface area contributed by atoms with Gasteiger partial charge in [-0.25, -0.2) is 4.98 Å². The topological polar surface area (TPSA) is 46.3 Å². The maximum Gasteiger partial charge on any atom is 0.276 e. The molecular formula is C13H20N2O2. The number of terminal acetylenes is 1. The lowest BCUT2D eigenvalue weighted by atomic mass is 10.2. The number of carbonyl (C=O) groups is 1. The van der Waals surface area contributed by atoms with E-state index in [1.165, 1.54) is 12.7 Å². The molecule has 1 aliphatic heterocycles. The highest BCUT2D eigenvalue weighted by atomic mass is 16.3. The molecule has 0 bridgehead atoms. The Bertz CT molecular complexity index is 330. The highest BCUT2D eigenvalue weighted by molar-refractivity contribution is 5.92. The SMILES string of the molecule is C#C.CC.C[C@@H]1CCCN1C(=O)c1cocn1. The molecule has 4 heteroatoms. The summed E-state index contributed by atoms with van der Waals surface area (Å²) >= 11 is 0. The van der Waals surface area contributed by atoms with Gasteiger partial charge in [0.05, 0.1) is 0 Å². The molecule has 17 heavy (non-hydrogen) atoms. The van der Waals surface area contributed by atoms with Crippen LogP contribution in [0, 0.1) is 12.8 Å². The van der Waals surface area contributed by atoms with Crippen molar-refractivity contribution in [2.24, 2.45) is 0 Å². The first kappa shape index (κ1) is 15.2. The van der Waals surface area contributed by atoms with Gasteiger partial charge in [0.15, 0.2) is 12.1 Å². The number of oxazole rings is 1. The zero-order valence-corrected chi connectivity index (χ0v) is 10.7. The molecule has 1 aromatic rings. The van der Waals surface area contributed by atoms with Gasteiger partial charge in [-0.1, -0.05) is 13.8 Å². The fourth-order valence-electron chi connectivity index (χ4n) is 1.70. The molecule has 1 atom stereocenters. The van der Waals surface area contributed by atoms with Gasteiger partial charge in [0.1, 0.15) is 6.26 Å². The summed E-state index contributed by atoms with van der Waals surface area (Å²) in [5, 5.41) is 0. The average molecular weight is 236 g/mol. The lowest BCUT2D eigenvalue weighted by Gasteiger charge is -2.19. The molecule has 1 aromatic heterocycles. The summed E-state index contributed by atoms with van der Waals surface area (Å²) in [5.41, 5.74) is 0.411. The minimum atomic E-state index is -0.0150. The van der Waals surface area contributed by atoms with Crippen molar-refractivity contribution in [3.63, 3.8) is 0 Å². The molecule has 0 saturated carbocycles. The second-order valence-electron chi connectivity index (χ2n) is 3.36. The molecule has 0 N–H and O–H groups in total. The Kier molecular flexibility index (Phi) is 7.53. The summed E-state index contributed by atoms with van der Waals surface area (Å²) in [5.74, 6) is -0.0150. The number of amides is 1. The maximum absolute atomic E-state index is 11.7. The van der Waals surface area contributed by atoms with Crippen LogP contribution in [-0.2, 0) is 0 Å². The number of hydrogen-bond donors (Lipinski definition) is 0. The van der Waals surface area contributed by atoms with E-state index in [4.69, 9.17) is 4.42 Å². The van der Waals surface area contributed by atoms with Crippen molar-refractivity contribution < 1.29 is 9.21 Å². The van der Waals surface area contributed by atoms with Gasteiger partial charge >= 0.3 is 0 Å². The quantitative estimate of drug-likeness (QED) is 0.704. The first-order valence-electron chi connectivity index (χ1n) is 5.81. The molecule has 94 valence electrons. The summed E-state index contributed by atoms with van der Waals surface area (Å²) in [6.45, 7) is 6.90. The maximum atomic E-state index is 11.7. The van der Waals surface area contributed by atoms with Crippen molar-refractivity contribution in [3.05, 3.63) is 18.4 Å². The highest BCUT2D eigenvalue weighted by Gasteiger charge is 2.27. The second kappa shape index (κ2) is 8.40. The van der Waals surface area contributed by atoms with E-state index in [1.807, 2.05) is 18.7 Å². The summed E-state index contributed by atoms with van der Waals surface area (Å²) in [7, 11) is 0. The Morgan fingerprint density at radius 3 is 2.59 bits per heavy atom. The minimum absolute atomic E-state index is 0.0150. The molecule has 0 unspecified atom stereocenters. The molecule has 1 amide bonds. The second-order valence-corrected chi connectivity index (χ2v) is 3.36. The van der Waals surface area contributed by atoms with Crippen molar-refractivity contribution >= 4 is 5.91 Å². The zero-order chi connectivity index (χ0) is 13.3. The standard InChI is InChI=1S/C9H12N2O2.C2H6.C2H2/c1-7-3-2-4-11(7)9(12)8-5-13-6-10-8;2*1-2/h5-7H,2-4H2,1H3;1-2H3;1-2H/t7-;;/m1../s1. The van der Waals surface area contributed by atoms with Crippen LogP contribution >= 0.6 is 0 Å². The molecule has 0 radical (unpaired) electrons. The minimum Gasteiger partial charge on any atom is -0.451 e. The van der Waals surface area contributed by atoms with E-state index in [1.54, 1.807) is 0 Å². The van der Waals surface area contributed by atoms with E-state index in [-0.39, 0.29) is 5.91 Å². The molecule has 1 aliphatic rings. The van der Waals surface area contributed by atoms with Crippen molar-refractivity contribution in [1.29, 1.82) is 0 Å². The fraction of sp³-hybridized carbons (Fsp3) is 0.538. The summed E-state index contributed by atoms with van der Waals surface area (Å²) in [4.78, 5) is 17.4. The molecule has 0 aromatic carbocycles. The van der Waals surface area contributed by atoms with Crippen LogP contribution in [0.25, 0.3) is 0 Å². The van der Waals surface area contributed by atoms with Crippen molar-refractivity contribution in [1.82, 2.24) is 9.88 Å². The predicted molar refractivity (Wildman–Crippen MR) is 67.5 cm³/mol. The summed E-state index contributed by atoms with van der Waals surface area (Å²) in [6, 6.07) is 0.337. The van der Waals surface area contributed by atoms with E-state index >= 15 is 0 Å². The van der Waals surface area contributed by atoms with Crippen LogP contribution in [0.1, 0.15) is 44.1 Å². The van der Waals surface area contributed by atoms with Gasteiger partial charge in [0.2, 0.25) is 0 Å². The normalized spacial score (nSPS) is 17.5. The van der Waals surface area contributed by atoms with E-state index in [9.17, 15) is 4.79 Å². The molecule has 4 nitrogen and oxygen atoms in total. The number of carbonyl (C=O) groups excluding carboxylic acids is 1. The van der Waals surface area contributed by atoms with Crippen LogP contribution < -0.4 is 0 Å². The largest absolute Gasteiger partial charge is 0.451 e. The average Bonchev–Trinajstić information content (AvgIpc) is 3.04. The molecular weight excluding hydrogens is 216 g/mol. The van der Waals surface area contributed by atoms with Crippen LogP contribution in [0.2, 0.25) is 0 Å². The fourth-order valence-corrected chi connectivity index (χ4v) is 1.70. The van der Waals surface area contributed by atoms with Gasteiger partial charge in [0.25, 0.3) is 5.91 Å². The molecule has 1 saturated heterocycles. The van der Waals surface area contributed by atoms with Crippen molar-refractivity contribution in [3.8, 4) is 12.8 Å². The van der Waals surface area contributed by atoms with Crippen LogP contribution in [0.3, 0.4) is 0 Å². The lowest BCUT2D eigenvalue weighted by molar-refractivity contribution is 0.0741. The Hall–Kier alpha value is -1.76. The smallest absolute Gasteiger partial charge is 0.276 e. The number of hydrogen-bond acceptors (Lipinski definition) is 3. The van der Waals surface area contributed by atoms with E-state index in [2.05, 4.69) is 24.8 Å². The molecule has 2 heterocycles. The molecule has 1 fully saturated rings. The monoisotopic (exact) mass is 236 g/mol. The lowest BCUT2D eigenvalue weighted by Crippen LogP contribution is -2.33. The number of aromatic nitrogens is 1. The third kappa shape index (κ3) is 3.95. The molecule has 0 aliphatic carbocycles. The Labute approximate surface area is 103 Å². The highest BCUT2D eigenvalue weighted by Crippen LogP contribution is 2.18. The van der Waals surface area contributed by atoms with Gasteiger partial charge in [-0.3, -0.25) is 4.79 Å². The van der Waals surface area contributed by atoms with Crippen LogP contribution in [-0.4, -0.2) is 28.4 Å². The van der Waals surface area contributed by atoms with Gasteiger partial charge in [0, 0.05) is 12.6 Å². The van der Waals surface area contributed by atoms with E-state index in [0.717, 1.165) is 19.4 Å². The molecule has 0 spiro atoms. The van der Waals surface area contributed by atoms with Gasteiger partial charge in [-0.2, -0.15) is 0 Å². The summed E-state index contributed by atoms with van der Waals surface area (Å²) in [6.07, 6.45) is 12.9. The van der Waals surface area contributed by atoms with Crippen molar-refractivity contribution in [2.45, 2.75) is 39.7 Å².